The molecular weight excluding hydrogens is 354 g/mol. The fourth-order valence-electron chi connectivity index (χ4n) is 3.12. The van der Waals surface area contributed by atoms with Gasteiger partial charge in [0.25, 0.3) is 0 Å². The lowest BCUT2D eigenvalue weighted by atomic mass is 10.2. The van der Waals surface area contributed by atoms with Crippen molar-refractivity contribution in [2.75, 3.05) is 5.32 Å². The van der Waals surface area contributed by atoms with E-state index in [4.69, 9.17) is 4.74 Å². The highest BCUT2D eigenvalue weighted by Gasteiger charge is 2.12. The maximum absolute atomic E-state index is 5.92. The van der Waals surface area contributed by atoms with E-state index in [1.54, 1.807) is 18.6 Å². The zero-order valence-corrected chi connectivity index (χ0v) is 15.1. The SMILES string of the molecule is Cn1nc(OCc2ccncc2)c2ccc(Nc3n[nH]c4cccnc34)cc21. The Hall–Kier alpha value is -3.94. The quantitative estimate of drug-likeness (QED) is 0.491. The van der Waals surface area contributed by atoms with Crippen LogP contribution in [0.2, 0.25) is 0 Å². The zero-order chi connectivity index (χ0) is 18.9. The van der Waals surface area contributed by atoms with Gasteiger partial charge in [0, 0.05) is 31.3 Å². The molecule has 4 aromatic heterocycles. The van der Waals surface area contributed by atoms with E-state index in [1.807, 2.05) is 54.2 Å². The Bertz CT molecular complexity index is 1260. The molecular formula is C20H17N7O. The minimum Gasteiger partial charge on any atom is -0.471 e. The van der Waals surface area contributed by atoms with E-state index in [0.29, 0.717) is 18.3 Å². The van der Waals surface area contributed by atoms with E-state index in [0.717, 1.165) is 33.2 Å². The number of nitrogens with one attached hydrogen (secondary N) is 2. The summed E-state index contributed by atoms with van der Waals surface area (Å²) >= 11 is 0. The molecule has 0 spiro atoms. The highest BCUT2D eigenvalue weighted by atomic mass is 16.5. The first-order valence-electron chi connectivity index (χ1n) is 8.82. The lowest BCUT2D eigenvalue weighted by Crippen LogP contribution is -1.97. The summed E-state index contributed by atoms with van der Waals surface area (Å²) in [5.74, 6) is 1.29. The van der Waals surface area contributed by atoms with Crippen LogP contribution in [0.5, 0.6) is 5.88 Å². The Morgan fingerprint density at radius 1 is 1.11 bits per heavy atom. The Morgan fingerprint density at radius 3 is 2.89 bits per heavy atom. The Morgan fingerprint density at radius 2 is 2.00 bits per heavy atom. The van der Waals surface area contributed by atoms with E-state index < -0.39 is 0 Å². The van der Waals surface area contributed by atoms with Gasteiger partial charge in [0.2, 0.25) is 5.88 Å². The van der Waals surface area contributed by atoms with Crippen LogP contribution in [0.4, 0.5) is 11.5 Å². The fourth-order valence-corrected chi connectivity index (χ4v) is 3.12. The average molecular weight is 371 g/mol. The van der Waals surface area contributed by atoms with E-state index >= 15 is 0 Å². The second-order valence-corrected chi connectivity index (χ2v) is 6.40. The van der Waals surface area contributed by atoms with Crippen molar-refractivity contribution in [2.24, 2.45) is 7.05 Å². The predicted molar refractivity (Wildman–Crippen MR) is 106 cm³/mol. The van der Waals surface area contributed by atoms with Crippen molar-refractivity contribution >= 4 is 33.4 Å². The van der Waals surface area contributed by atoms with Crippen LogP contribution >= 0.6 is 0 Å². The number of hydrogen-bond donors (Lipinski definition) is 2. The third-order valence-electron chi connectivity index (χ3n) is 4.53. The molecule has 0 aliphatic heterocycles. The minimum absolute atomic E-state index is 0.444. The standard InChI is InChI=1S/C20H17N7O/c1-27-17-11-14(23-19-18-16(24-25-19)3-2-8-22-18)4-5-15(17)20(26-27)28-12-13-6-9-21-10-7-13/h2-11H,12H2,1H3,(H2,23,24,25). The molecule has 0 amide bonds. The van der Waals surface area contributed by atoms with Crippen LogP contribution < -0.4 is 10.1 Å². The molecule has 0 unspecified atom stereocenters. The molecule has 0 aliphatic rings. The van der Waals surface area contributed by atoms with Gasteiger partial charge >= 0.3 is 0 Å². The van der Waals surface area contributed by atoms with Crippen molar-refractivity contribution in [3.8, 4) is 5.88 Å². The van der Waals surface area contributed by atoms with Gasteiger partial charge in [-0.3, -0.25) is 19.7 Å². The van der Waals surface area contributed by atoms with Gasteiger partial charge in [0.1, 0.15) is 12.1 Å². The van der Waals surface area contributed by atoms with Crippen molar-refractivity contribution in [1.29, 1.82) is 0 Å². The molecule has 0 saturated heterocycles. The molecule has 4 heterocycles. The van der Waals surface area contributed by atoms with E-state index in [9.17, 15) is 0 Å². The van der Waals surface area contributed by atoms with Crippen LogP contribution in [0.3, 0.4) is 0 Å². The number of aryl methyl sites for hydroxylation is 1. The number of anilines is 2. The van der Waals surface area contributed by atoms with Crippen LogP contribution in [0.25, 0.3) is 21.9 Å². The van der Waals surface area contributed by atoms with E-state index in [2.05, 4.69) is 30.6 Å². The van der Waals surface area contributed by atoms with Gasteiger partial charge < -0.3 is 10.1 Å². The van der Waals surface area contributed by atoms with Crippen LogP contribution in [-0.2, 0) is 13.7 Å². The topological polar surface area (TPSA) is 93.5 Å². The number of pyridine rings is 2. The van der Waals surface area contributed by atoms with Crippen LogP contribution in [0.15, 0.2) is 61.1 Å². The smallest absolute Gasteiger partial charge is 0.241 e. The molecule has 0 atom stereocenters. The Balaban J connectivity index is 1.42. The predicted octanol–water partition coefficient (Wildman–Crippen LogP) is 3.56. The van der Waals surface area contributed by atoms with Gasteiger partial charge in [0.05, 0.1) is 16.4 Å². The number of benzene rings is 1. The molecule has 0 radical (unpaired) electrons. The first kappa shape index (κ1) is 16.2. The Kier molecular flexibility index (Phi) is 3.86. The highest BCUT2D eigenvalue weighted by Crippen LogP contribution is 2.29. The normalized spacial score (nSPS) is 11.2. The molecule has 5 rings (SSSR count). The zero-order valence-electron chi connectivity index (χ0n) is 15.1. The van der Waals surface area contributed by atoms with E-state index in [1.165, 1.54) is 0 Å². The number of nitrogens with zero attached hydrogens (tertiary/aromatic N) is 5. The van der Waals surface area contributed by atoms with E-state index in [-0.39, 0.29) is 0 Å². The number of hydrogen-bond acceptors (Lipinski definition) is 6. The van der Waals surface area contributed by atoms with Gasteiger partial charge in [-0.2, -0.15) is 5.10 Å². The van der Waals surface area contributed by atoms with Crippen molar-refractivity contribution < 1.29 is 4.74 Å². The Labute approximate surface area is 160 Å². The molecule has 5 aromatic rings. The summed E-state index contributed by atoms with van der Waals surface area (Å²) < 4.78 is 7.73. The summed E-state index contributed by atoms with van der Waals surface area (Å²) in [5, 5.41) is 16.1. The largest absolute Gasteiger partial charge is 0.471 e. The fraction of sp³-hybridized carbons (Fsp3) is 0.100. The third kappa shape index (κ3) is 2.90. The molecule has 0 fully saturated rings. The number of aromatic amines is 1. The molecule has 2 N–H and O–H groups in total. The van der Waals surface area contributed by atoms with Gasteiger partial charge in [0.15, 0.2) is 5.82 Å². The first-order chi connectivity index (χ1) is 13.8. The summed E-state index contributed by atoms with van der Waals surface area (Å²) in [6, 6.07) is 13.7. The summed E-state index contributed by atoms with van der Waals surface area (Å²) in [5.41, 5.74) is 4.59. The summed E-state index contributed by atoms with van der Waals surface area (Å²) in [6.45, 7) is 0.444. The molecule has 8 heteroatoms. The van der Waals surface area contributed by atoms with Crippen molar-refractivity contribution in [1.82, 2.24) is 29.9 Å². The highest BCUT2D eigenvalue weighted by molar-refractivity contribution is 5.91. The first-order valence-corrected chi connectivity index (χ1v) is 8.82. The number of H-pyrrole nitrogens is 1. The third-order valence-corrected chi connectivity index (χ3v) is 4.53. The van der Waals surface area contributed by atoms with Crippen LogP contribution in [0, 0.1) is 0 Å². The molecule has 0 saturated carbocycles. The molecule has 0 bridgehead atoms. The molecule has 138 valence electrons. The number of rotatable bonds is 5. The lowest BCUT2D eigenvalue weighted by Gasteiger charge is -2.05. The monoisotopic (exact) mass is 371 g/mol. The van der Waals surface area contributed by atoms with Crippen LogP contribution in [-0.4, -0.2) is 29.9 Å². The maximum atomic E-state index is 5.92. The van der Waals surface area contributed by atoms with Gasteiger partial charge in [-0.1, -0.05) is 0 Å². The van der Waals surface area contributed by atoms with Gasteiger partial charge in [-0.15, -0.1) is 5.10 Å². The van der Waals surface area contributed by atoms with Gasteiger partial charge in [-0.05, 0) is 48.0 Å². The summed E-state index contributed by atoms with van der Waals surface area (Å²) in [6.07, 6.45) is 5.25. The average Bonchev–Trinajstić information content (AvgIpc) is 3.28. The van der Waals surface area contributed by atoms with Gasteiger partial charge in [-0.25, -0.2) is 0 Å². The minimum atomic E-state index is 0.444. The number of ether oxygens (including phenoxy) is 1. The number of fused-ring (bicyclic) bond motifs is 2. The summed E-state index contributed by atoms with van der Waals surface area (Å²) in [7, 11) is 1.90. The molecule has 1 aromatic carbocycles. The summed E-state index contributed by atoms with van der Waals surface area (Å²) in [4.78, 5) is 8.40. The molecule has 8 nitrogen and oxygen atoms in total. The van der Waals surface area contributed by atoms with Crippen LogP contribution in [0.1, 0.15) is 5.56 Å². The lowest BCUT2D eigenvalue weighted by molar-refractivity contribution is 0.294. The maximum Gasteiger partial charge on any atom is 0.241 e. The molecule has 28 heavy (non-hydrogen) atoms. The van der Waals surface area contributed by atoms with Crippen molar-refractivity contribution in [2.45, 2.75) is 6.61 Å². The molecule has 0 aliphatic carbocycles. The second kappa shape index (κ2) is 6.66. The number of aromatic nitrogens is 6. The second-order valence-electron chi connectivity index (χ2n) is 6.40. The van der Waals surface area contributed by atoms with Crippen molar-refractivity contribution in [3.63, 3.8) is 0 Å². The van der Waals surface area contributed by atoms with Crippen molar-refractivity contribution in [3.05, 3.63) is 66.6 Å².